The van der Waals surface area contributed by atoms with Crippen molar-refractivity contribution in [2.24, 2.45) is 0 Å². The van der Waals surface area contributed by atoms with Gasteiger partial charge in [-0.25, -0.2) is 0 Å². The van der Waals surface area contributed by atoms with Crippen molar-refractivity contribution in [2.75, 3.05) is 25.0 Å². The highest BCUT2D eigenvalue weighted by Crippen LogP contribution is 2.28. The molecule has 0 bridgehead atoms. The third-order valence-electron chi connectivity index (χ3n) is 6.75. The third kappa shape index (κ3) is 3.53. The minimum Gasteiger partial charge on any atom is -0.380 e. The van der Waals surface area contributed by atoms with Crippen molar-refractivity contribution in [3.8, 4) is 0 Å². The molecule has 4 nitrogen and oxygen atoms in total. The number of hydrogen-bond acceptors (Lipinski definition) is 3. The predicted octanol–water partition coefficient (Wildman–Crippen LogP) is 3.41. The number of carbonyl (C=O) groups excluding carboxylic acids is 1. The lowest BCUT2D eigenvalue weighted by molar-refractivity contribution is 0.0952. The van der Waals surface area contributed by atoms with E-state index in [0.29, 0.717) is 6.54 Å². The number of benzene rings is 2. The highest BCUT2D eigenvalue weighted by Gasteiger charge is 2.26. The van der Waals surface area contributed by atoms with Crippen LogP contribution < -0.4 is 10.6 Å². The molecule has 0 radical (unpaired) electrons. The molecule has 1 aliphatic carbocycles. The van der Waals surface area contributed by atoms with Gasteiger partial charge in [-0.3, -0.25) is 9.69 Å². The standard InChI is InChI=1S/C24H29N3O/c28-24(25-16-21-15-19-4-1-2-7-23(19)26-21)20-9-8-17-10-12-27(22-5-3-6-22)13-11-18(17)14-20/h1-2,4,7-9,14,21-22,26H,3,5-6,10-13,15-16H2,(H,25,28). The lowest BCUT2D eigenvalue weighted by atomic mass is 9.91. The highest BCUT2D eigenvalue weighted by atomic mass is 16.1. The van der Waals surface area contributed by atoms with Crippen LogP contribution in [0.25, 0.3) is 0 Å². The number of nitrogens with one attached hydrogen (secondary N) is 2. The first-order chi connectivity index (χ1) is 13.8. The van der Waals surface area contributed by atoms with E-state index in [9.17, 15) is 4.79 Å². The van der Waals surface area contributed by atoms with Gasteiger partial charge in [-0.15, -0.1) is 0 Å². The highest BCUT2D eigenvalue weighted by molar-refractivity contribution is 5.94. The molecule has 1 fully saturated rings. The second-order valence-corrected chi connectivity index (χ2v) is 8.52. The van der Waals surface area contributed by atoms with Crippen molar-refractivity contribution < 1.29 is 4.79 Å². The maximum Gasteiger partial charge on any atom is 0.251 e. The first-order valence-corrected chi connectivity index (χ1v) is 10.7. The summed E-state index contributed by atoms with van der Waals surface area (Å²) in [5, 5.41) is 6.64. The maximum absolute atomic E-state index is 12.7. The summed E-state index contributed by atoms with van der Waals surface area (Å²) < 4.78 is 0. The Balaban J connectivity index is 1.19. The van der Waals surface area contributed by atoms with Gasteiger partial charge in [0.15, 0.2) is 0 Å². The van der Waals surface area contributed by atoms with Gasteiger partial charge in [-0.05, 0) is 67.0 Å². The molecule has 0 spiro atoms. The van der Waals surface area contributed by atoms with Crippen LogP contribution in [0.1, 0.15) is 46.3 Å². The number of hydrogen-bond donors (Lipinski definition) is 2. The first-order valence-electron chi connectivity index (χ1n) is 10.7. The van der Waals surface area contributed by atoms with E-state index in [1.165, 1.54) is 41.6 Å². The molecule has 2 heterocycles. The van der Waals surface area contributed by atoms with Gasteiger partial charge in [0.2, 0.25) is 0 Å². The van der Waals surface area contributed by atoms with Gasteiger partial charge < -0.3 is 10.6 Å². The van der Waals surface area contributed by atoms with E-state index in [-0.39, 0.29) is 11.9 Å². The second kappa shape index (κ2) is 7.59. The third-order valence-corrected chi connectivity index (χ3v) is 6.75. The van der Waals surface area contributed by atoms with Crippen molar-refractivity contribution >= 4 is 11.6 Å². The number of fused-ring (bicyclic) bond motifs is 2. The Kier molecular flexibility index (Phi) is 4.81. The number of nitrogens with zero attached hydrogens (tertiary/aromatic N) is 1. The minimum atomic E-state index is 0.0423. The van der Waals surface area contributed by atoms with Gasteiger partial charge in [-0.1, -0.05) is 30.7 Å². The summed E-state index contributed by atoms with van der Waals surface area (Å²) in [5.41, 5.74) is 6.11. The zero-order valence-corrected chi connectivity index (χ0v) is 16.4. The number of amides is 1. The molecule has 2 aromatic carbocycles. The number of rotatable bonds is 4. The van der Waals surface area contributed by atoms with Crippen molar-refractivity contribution in [1.82, 2.24) is 10.2 Å². The molecular weight excluding hydrogens is 346 g/mol. The van der Waals surface area contributed by atoms with Crippen LogP contribution in [0.5, 0.6) is 0 Å². The average Bonchev–Trinajstić information content (AvgIpc) is 2.99. The molecule has 0 aromatic heterocycles. The fourth-order valence-corrected chi connectivity index (χ4v) is 4.82. The molecule has 4 heteroatoms. The Labute approximate surface area is 167 Å². The average molecular weight is 376 g/mol. The SMILES string of the molecule is O=C(NCC1Cc2ccccc2N1)c1ccc2c(c1)CCN(C1CCC1)CC2. The Morgan fingerprint density at radius 1 is 1.04 bits per heavy atom. The Hall–Kier alpha value is -2.33. The van der Waals surface area contributed by atoms with E-state index < -0.39 is 0 Å². The number of para-hydroxylation sites is 1. The smallest absolute Gasteiger partial charge is 0.251 e. The zero-order chi connectivity index (χ0) is 18.9. The first kappa shape index (κ1) is 17.7. The van der Waals surface area contributed by atoms with Crippen molar-refractivity contribution in [1.29, 1.82) is 0 Å². The molecule has 1 unspecified atom stereocenters. The summed E-state index contributed by atoms with van der Waals surface area (Å²) in [6.45, 7) is 2.95. The van der Waals surface area contributed by atoms with E-state index >= 15 is 0 Å². The summed E-state index contributed by atoms with van der Waals surface area (Å²) in [6, 6.07) is 15.8. The normalized spacial score (nSPS) is 21.8. The quantitative estimate of drug-likeness (QED) is 0.861. The molecule has 146 valence electrons. The maximum atomic E-state index is 12.7. The monoisotopic (exact) mass is 375 g/mol. The summed E-state index contributed by atoms with van der Waals surface area (Å²) in [4.78, 5) is 15.4. The van der Waals surface area contributed by atoms with Gasteiger partial charge in [0.25, 0.3) is 5.91 Å². The molecule has 28 heavy (non-hydrogen) atoms. The predicted molar refractivity (Wildman–Crippen MR) is 113 cm³/mol. The van der Waals surface area contributed by atoms with Crippen molar-refractivity contribution in [3.05, 3.63) is 64.7 Å². The fraction of sp³-hybridized carbons (Fsp3) is 0.458. The van der Waals surface area contributed by atoms with Gasteiger partial charge >= 0.3 is 0 Å². The van der Waals surface area contributed by atoms with Gasteiger partial charge in [0.1, 0.15) is 0 Å². The van der Waals surface area contributed by atoms with E-state index in [2.05, 4.69) is 51.9 Å². The van der Waals surface area contributed by atoms with E-state index in [1.807, 2.05) is 6.07 Å². The molecule has 2 aromatic rings. The summed E-state index contributed by atoms with van der Waals surface area (Å²) >= 11 is 0. The van der Waals surface area contributed by atoms with Crippen LogP contribution in [0.15, 0.2) is 42.5 Å². The molecule has 3 aliphatic rings. The molecule has 2 N–H and O–H groups in total. The number of anilines is 1. The van der Waals surface area contributed by atoms with Crippen LogP contribution >= 0.6 is 0 Å². The van der Waals surface area contributed by atoms with Crippen molar-refractivity contribution in [2.45, 2.75) is 50.6 Å². The zero-order valence-electron chi connectivity index (χ0n) is 16.4. The second-order valence-electron chi connectivity index (χ2n) is 8.52. The Morgan fingerprint density at radius 2 is 1.86 bits per heavy atom. The lowest BCUT2D eigenvalue weighted by Crippen LogP contribution is -2.41. The fourth-order valence-electron chi connectivity index (χ4n) is 4.82. The van der Waals surface area contributed by atoms with Crippen LogP contribution in [-0.2, 0) is 19.3 Å². The van der Waals surface area contributed by atoms with Crippen LogP contribution in [0.4, 0.5) is 5.69 Å². The van der Waals surface area contributed by atoms with E-state index in [0.717, 1.165) is 44.0 Å². The summed E-state index contributed by atoms with van der Waals surface area (Å²) in [5.74, 6) is 0.0423. The molecular formula is C24H29N3O. The summed E-state index contributed by atoms with van der Waals surface area (Å²) in [7, 11) is 0. The molecule has 1 amide bonds. The molecule has 2 aliphatic heterocycles. The topological polar surface area (TPSA) is 44.4 Å². The Morgan fingerprint density at radius 3 is 2.64 bits per heavy atom. The molecule has 0 saturated heterocycles. The van der Waals surface area contributed by atoms with Crippen LogP contribution in [0, 0.1) is 0 Å². The molecule has 1 atom stereocenters. The Bertz CT molecular complexity index is 849. The summed E-state index contributed by atoms with van der Waals surface area (Å²) in [6.07, 6.45) is 7.26. The molecule has 5 rings (SSSR count). The number of carbonyl (C=O) groups is 1. The largest absolute Gasteiger partial charge is 0.380 e. The van der Waals surface area contributed by atoms with Gasteiger partial charge in [-0.2, -0.15) is 0 Å². The molecule has 1 saturated carbocycles. The van der Waals surface area contributed by atoms with Crippen LogP contribution in [0.2, 0.25) is 0 Å². The van der Waals surface area contributed by atoms with E-state index in [1.54, 1.807) is 0 Å². The van der Waals surface area contributed by atoms with Gasteiger partial charge in [0, 0.05) is 43.0 Å². The van der Waals surface area contributed by atoms with Crippen LogP contribution in [0.3, 0.4) is 0 Å². The van der Waals surface area contributed by atoms with Gasteiger partial charge in [0.05, 0.1) is 0 Å². The van der Waals surface area contributed by atoms with E-state index in [4.69, 9.17) is 0 Å². The van der Waals surface area contributed by atoms with Crippen LogP contribution in [-0.4, -0.2) is 42.5 Å². The lowest BCUT2D eigenvalue weighted by Gasteiger charge is -2.36. The van der Waals surface area contributed by atoms with Crippen molar-refractivity contribution in [3.63, 3.8) is 0 Å². The minimum absolute atomic E-state index is 0.0423.